The topological polar surface area (TPSA) is 46.1 Å². The van der Waals surface area contributed by atoms with Crippen LogP contribution >= 0.6 is 0 Å². The summed E-state index contributed by atoms with van der Waals surface area (Å²) in [5.74, 6) is 0. The van der Waals surface area contributed by atoms with Crippen molar-refractivity contribution in [1.82, 2.24) is 0 Å². The SMILES string of the molecule is CCCC[NH2+]C[C@H](O)CO[C@H](c1ccccc1)c1ccccc1C. The lowest BCUT2D eigenvalue weighted by Crippen LogP contribution is -2.86. The number of quaternary nitrogens is 1. The minimum absolute atomic E-state index is 0.141. The van der Waals surface area contributed by atoms with Crippen molar-refractivity contribution in [3.05, 3.63) is 71.3 Å². The summed E-state index contributed by atoms with van der Waals surface area (Å²) in [6, 6.07) is 18.5. The lowest BCUT2D eigenvalue weighted by atomic mass is 9.97. The van der Waals surface area contributed by atoms with Crippen LogP contribution in [-0.4, -0.2) is 30.9 Å². The molecule has 3 nitrogen and oxygen atoms in total. The molecule has 2 aromatic carbocycles. The van der Waals surface area contributed by atoms with Crippen molar-refractivity contribution in [3.63, 3.8) is 0 Å². The summed E-state index contributed by atoms with van der Waals surface area (Å²) >= 11 is 0. The summed E-state index contributed by atoms with van der Waals surface area (Å²) in [6.45, 7) is 6.38. The third kappa shape index (κ3) is 5.75. The Labute approximate surface area is 145 Å². The maximum absolute atomic E-state index is 10.2. The standard InChI is InChI=1S/C21H29NO2/c1-3-4-14-22-15-19(23)16-24-21(18-11-6-5-7-12-18)20-13-9-8-10-17(20)2/h5-13,19,21-23H,3-4,14-16H2,1-2H3/p+1/t19-,21+/m0/s1. The van der Waals surface area contributed by atoms with Crippen LogP contribution in [0.2, 0.25) is 0 Å². The molecule has 24 heavy (non-hydrogen) atoms. The van der Waals surface area contributed by atoms with Crippen molar-refractivity contribution in [2.45, 2.75) is 38.9 Å². The highest BCUT2D eigenvalue weighted by molar-refractivity contribution is 5.35. The summed E-state index contributed by atoms with van der Waals surface area (Å²) in [6.07, 6.45) is 1.78. The van der Waals surface area contributed by atoms with Gasteiger partial charge in [-0.2, -0.15) is 0 Å². The van der Waals surface area contributed by atoms with E-state index in [0.717, 1.165) is 17.7 Å². The van der Waals surface area contributed by atoms with Crippen LogP contribution in [0, 0.1) is 6.92 Å². The van der Waals surface area contributed by atoms with E-state index >= 15 is 0 Å². The molecule has 0 saturated carbocycles. The van der Waals surface area contributed by atoms with Gasteiger partial charge in [-0.1, -0.05) is 67.9 Å². The second kappa shape index (κ2) is 10.2. The molecule has 3 heteroatoms. The van der Waals surface area contributed by atoms with Crippen molar-refractivity contribution in [1.29, 1.82) is 0 Å². The first-order chi connectivity index (χ1) is 11.7. The van der Waals surface area contributed by atoms with E-state index in [0.29, 0.717) is 13.2 Å². The summed E-state index contributed by atoms with van der Waals surface area (Å²) in [5.41, 5.74) is 3.48. The van der Waals surface area contributed by atoms with Gasteiger partial charge in [-0.3, -0.25) is 0 Å². The van der Waals surface area contributed by atoms with E-state index in [2.05, 4.69) is 43.4 Å². The number of hydrogen-bond donors (Lipinski definition) is 2. The van der Waals surface area contributed by atoms with Gasteiger partial charge in [-0.25, -0.2) is 0 Å². The first-order valence-electron chi connectivity index (χ1n) is 8.94. The Bertz CT molecular complexity index is 585. The third-order valence-corrected chi connectivity index (χ3v) is 4.23. The van der Waals surface area contributed by atoms with Crippen molar-refractivity contribution in [2.24, 2.45) is 0 Å². The van der Waals surface area contributed by atoms with Crippen molar-refractivity contribution < 1.29 is 15.2 Å². The van der Waals surface area contributed by atoms with Crippen molar-refractivity contribution >= 4 is 0 Å². The Morgan fingerprint density at radius 2 is 1.75 bits per heavy atom. The molecular formula is C21H30NO2+. The first kappa shape index (κ1) is 18.7. The third-order valence-electron chi connectivity index (χ3n) is 4.23. The summed E-state index contributed by atoms with van der Waals surface area (Å²) < 4.78 is 6.14. The number of ether oxygens (including phenoxy) is 1. The molecule has 0 aliphatic rings. The van der Waals surface area contributed by atoms with E-state index in [1.807, 2.05) is 30.3 Å². The molecule has 2 atom stereocenters. The zero-order chi connectivity index (χ0) is 17.2. The number of nitrogens with two attached hydrogens (primary N) is 1. The molecule has 0 aliphatic heterocycles. The average Bonchev–Trinajstić information content (AvgIpc) is 2.61. The maximum Gasteiger partial charge on any atom is 0.126 e. The largest absolute Gasteiger partial charge is 0.385 e. The van der Waals surface area contributed by atoms with Gasteiger partial charge in [-0.05, 0) is 30.0 Å². The van der Waals surface area contributed by atoms with Crippen LogP contribution in [0.5, 0.6) is 0 Å². The van der Waals surface area contributed by atoms with E-state index in [9.17, 15) is 5.11 Å². The summed E-state index contributed by atoms with van der Waals surface area (Å²) in [4.78, 5) is 0. The van der Waals surface area contributed by atoms with Gasteiger partial charge in [0.25, 0.3) is 0 Å². The molecule has 2 aromatic rings. The van der Waals surface area contributed by atoms with E-state index in [1.165, 1.54) is 18.4 Å². The lowest BCUT2D eigenvalue weighted by molar-refractivity contribution is -0.661. The fourth-order valence-corrected chi connectivity index (χ4v) is 2.81. The molecule has 2 rings (SSSR count). The van der Waals surface area contributed by atoms with Crippen molar-refractivity contribution in [3.8, 4) is 0 Å². The van der Waals surface area contributed by atoms with Gasteiger partial charge in [-0.15, -0.1) is 0 Å². The van der Waals surface area contributed by atoms with Crippen LogP contribution in [0.4, 0.5) is 0 Å². The van der Waals surface area contributed by atoms with Crippen LogP contribution in [0.15, 0.2) is 54.6 Å². The van der Waals surface area contributed by atoms with Crippen LogP contribution in [-0.2, 0) is 4.74 Å². The minimum atomic E-state index is -0.447. The van der Waals surface area contributed by atoms with Crippen LogP contribution in [0.1, 0.15) is 42.6 Å². The van der Waals surface area contributed by atoms with Gasteiger partial charge in [0.15, 0.2) is 0 Å². The van der Waals surface area contributed by atoms with E-state index in [1.54, 1.807) is 0 Å². The molecule has 0 radical (unpaired) electrons. The van der Waals surface area contributed by atoms with E-state index in [4.69, 9.17) is 4.74 Å². The maximum atomic E-state index is 10.2. The molecule has 0 heterocycles. The monoisotopic (exact) mass is 328 g/mol. The fraction of sp³-hybridized carbons (Fsp3) is 0.429. The predicted molar refractivity (Wildman–Crippen MR) is 98.0 cm³/mol. The fourth-order valence-electron chi connectivity index (χ4n) is 2.81. The van der Waals surface area contributed by atoms with Gasteiger partial charge >= 0.3 is 0 Å². The number of aliphatic hydroxyl groups is 1. The lowest BCUT2D eigenvalue weighted by Gasteiger charge is -2.22. The van der Waals surface area contributed by atoms with Gasteiger partial charge in [0.2, 0.25) is 0 Å². The second-order valence-electron chi connectivity index (χ2n) is 6.30. The Morgan fingerprint density at radius 1 is 1.04 bits per heavy atom. The molecule has 0 aromatic heterocycles. The van der Waals surface area contributed by atoms with Gasteiger partial charge in [0, 0.05) is 0 Å². The molecule has 0 aliphatic carbocycles. The number of benzene rings is 2. The number of aryl methyl sites for hydroxylation is 1. The van der Waals surface area contributed by atoms with Gasteiger partial charge in [0.1, 0.15) is 18.8 Å². The van der Waals surface area contributed by atoms with Gasteiger partial charge < -0.3 is 15.2 Å². The average molecular weight is 328 g/mol. The minimum Gasteiger partial charge on any atom is -0.385 e. The predicted octanol–water partition coefficient (Wildman–Crippen LogP) is 2.83. The normalized spacial score (nSPS) is 13.6. The molecule has 0 fully saturated rings. The van der Waals surface area contributed by atoms with Crippen LogP contribution in [0.25, 0.3) is 0 Å². The Kier molecular flexibility index (Phi) is 7.96. The van der Waals surface area contributed by atoms with Gasteiger partial charge in [0.05, 0.1) is 13.2 Å². The van der Waals surface area contributed by atoms with Crippen LogP contribution < -0.4 is 5.32 Å². The molecule has 0 saturated heterocycles. The molecule has 3 N–H and O–H groups in total. The summed E-state index contributed by atoms with van der Waals surface area (Å²) in [5, 5.41) is 12.4. The molecule has 0 spiro atoms. The Morgan fingerprint density at radius 3 is 2.46 bits per heavy atom. The quantitative estimate of drug-likeness (QED) is 0.659. The van der Waals surface area contributed by atoms with E-state index in [-0.39, 0.29) is 6.10 Å². The number of hydrogen-bond acceptors (Lipinski definition) is 2. The Hall–Kier alpha value is -1.68. The Balaban J connectivity index is 2.01. The highest BCUT2D eigenvalue weighted by Gasteiger charge is 2.18. The highest BCUT2D eigenvalue weighted by Crippen LogP contribution is 2.28. The molecule has 0 bridgehead atoms. The highest BCUT2D eigenvalue weighted by atomic mass is 16.5. The first-order valence-corrected chi connectivity index (χ1v) is 8.94. The molecule has 0 amide bonds. The number of unbranched alkanes of at least 4 members (excludes halogenated alkanes) is 1. The molecule has 0 unspecified atom stereocenters. The number of rotatable bonds is 10. The number of aliphatic hydroxyl groups excluding tert-OH is 1. The zero-order valence-electron chi connectivity index (χ0n) is 14.8. The second-order valence-corrected chi connectivity index (χ2v) is 6.30. The smallest absolute Gasteiger partial charge is 0.126 e. The van der Waals surface area contributed by atoms with E-state index < -0.39 is 6.10 Å². The molecule has 130 valence electrons. The van der Waals surface area contributed by atoms with Crippen LogP contribution in [0.3, 0.4) is 0 Å². The molecular weight excluding hydrogens is 298 g/mol. The summed E-state index contributed by atoms with van der Waals surface area (Å²) in [7, 11) is 0. The zero-order valence-corrected chi connectivity index (χ0v) is 14.8. The van der Waals surface area contributed by atoms with Crippen molar-refractivity contribution in [2.75, 3.05) is 19.7 Å².